The zero-order chi connectivity index (χ0) is 16.8. The second kappa shape index (κ2) is 7.52. The Hall–Kier alpha value is -2.99. The lowest BCUT2D eigenvalue weighted by molar-refractivity contribution is 0.414. The average Bonchev–Trinajstić information content (AvgIpc) is 3.00. The minimum Gasteiger partial charge on any atom is -0.496 e. The number of aromatic amines is 1. The molecule has 0 radical (unpaired) electrons. The third kappa shape index (κ3) is 3.49. The average molecular weight is 336 g/mol. The maximum Gasteiger partial charge on any atom is 0.216 e. The van der Waals surface area contributed by atoms with Crippen molar-refractivity contribution in [2.45, 2.75) is 0 Å². The Kier molecular flexibility index (Phi) is 4.98. The van der Waals surface area contributed by atoms with Crippen molar-refractivity contribution in [2.75, 3.05) is 7.11 Å². The molecule has 0 bridgehead atoms. The Morgan fingerprint density at radius 1 is 1.12 bits per heavy atom. The van der Waals surface area contributed by atoms with E-state index in [1.54, 1.807) is 18.0 Å². The van der Waals surface area contributed by atoms with E-state index in [0.717, 1.165) is 16.9 Å². The first-order valence-electron chi connectivity index (χ1n) is 7.36. The van der Waals surface area contributed by atoms with Crippen molar-refractivity contribution in [3.8, 4) is 17.1 Å². The number of ether oxygens (including phenoxy) is 1. The van der Waals surface area contributed by atoms with Crippen molar-refractivity contribution in [3.63, 3.8) is 0 Å². The lowest BCUT2D eigenvalue weighted by Gasteiger charge is -2.02. The van der Waals surface area contributed by atoms with Gasteiger partial charge in [0.2, 0.25) is 4.77 Å². The van der Waals surface area contributed by atoms with Gasteiger partial charge in [-0.05, 0) is 30.4 Å². The molecule has 0 amide bonds. The number of H-pyrrole nitrogens is 1. The number of nitrogens with one attached hydrogen (secondary N) is 1. The van der Waals surface area contributed by atoms with Crippen LogP contribution < -0.4 is 4.74 Å². The van der Waals surface area contributed by atoms with Crippen molar-refractivity contribution in [2.24, 2.45) is 5.10 Å². The Morgan fingerprint density at radius 3 is 2.67 bits per heavy atom. The summed E-state index contributed by atoms with van der Waals surface area (Å²) in [5.41, 5.74) is 1.92. The molecule has 1 heterocycles. The Morgan fingerprint density at radius 2 is 1.88 bits per heavy atom. The number of nitrogens with zero attached hydrogens (tertiary/aromatic N) is 3. The van der Waals surface area contributed by atoms with Gasteiger partial charge in [-0.3, -0.25) is 0 Å². The standard InChI is InChI=1S/C18H16N4OS/c1-23-16-12-6-5-8-14(16)11-7-13-19-22-17(20-21-18(22)24)15-9-3-2-4-10-15/h2-13H,1H3,(H,21,24)/b11-7+,19-13?. The molecule has 0 saturated heterocycles. The molecule has 6 heteroatoms. The molecular formula is C18H16N4OS. The molecular weight excluding hydrogens is 320 g/mol. The molecule has 3 aromatic rings. The van der Waals surface area contributed by atoms with Crippen molar-refractivity contribution in [3.05, 3.63) is 71.0 Å². The van der Waals surface area contributed by atoms with Crippen LogP contribution in [0.5, 0.6) is 5.75 Å². The van der Waals surface area contributed by atoms with Crippen molar-refractivity contribution in [1.29, 1.82) is 0 Å². The summed E-state index contributed by atoms with van der Waals surface area (Å²) in [6.07, 6.45) is 5.43. The van der Waals surface area contributed by atoms with E-state index >= 15 is 0 Å². The Balaban J connectivity index is 1.84. The van der Waals surface area contributed by atoms with Crippen LogP contribution >= 0.6 is 12.2 Å². The molecule has 0 aliphatic carbocycles. The summed E-state index contributed by atoms with van der Waals surface area (Å²) in [7, 11) is 1.65. The van der Waals surface area contributed by atoms with Crippen LogP contribution in [0.1, 0.15) is 5.56 Å². The minimum atomic E-state index is 0.441. The van der Waals surface area contributed by atoms with Crippen LogP contribution in [0, 0.1) is 4.77 Å². The number of hydrogen-bond donors (Lipinski definition) is 1. The van der Waals surface area contributed by atoms with Crippen LogP contribution in [-0.4, -0.2) is 28.2 Å². The second-order valence-corrected chi connectivity index (χ2v) is 5.28. The molecule has 3 rings (SSSR count). The lowest BCUT2D eigenvalue weighted by atomic mass is 10.2. The largest absolute Gasteiger partial charge is 0.496 e. The van der Waals surface area contributed by atoms with Crippen LogP contribution in [0.15, 0.2) is 65.8 Å². The van der Waals surface area contributed by atoms with E-state index in [9.17, 15) is 0 Å². The van der Waals surface area contributed by atoms with Gasteiger partial charge in [-0.15, -0.1) is 0 Å². The number of hydrogen-bond acceptors (Lipinski definition) is 4. The highest BCUT2D eigenvalue weighted by Crippen LogP contribution is 2.18. The van der Waals surface area contributed by atoms with Gasteiger partial charge in [0, 0.05) is 17.3 Å². The molecule has 120 valence electrons. The number of allylic oxidation sites excluding steroid dienone is 1. The maximum atomic E-state index is 5.31. The Labute approximate surface area is 144 Å². The van der Waals surface area contributed by atoms with Gasteiger partial charge in [-0.1, -0.05) is 48.5 Å². The fourth-order valence-electron chi connectivity index (χ4n) is 2.23. The van der Waals surface area contributed by atoms with Gasteiger partial charge in [0.25, 0.3) is 0 Å². The smallest absolute Gasteiger partial charge is 0.216 e. The van der Waals surface area contributed by atoms with Gasteiger partial charge in [-0.25, -0.2) is 5.10 Å². The molecule has 0 unspecified atom stereocenters. The Bertz CT molecular complexity index is 925. The maximum absolute atomic E-state index is 5.31. The third-order valence-electron chi connectivity index (χ3n) is 3.37. The van der Waals surface area contributed by atoms with Crippen molar-refractivity contribution >= 4 is 24.5 Å². The summed E-state index contributed by atoms with van der Waals surface area (Å²) in [4.78, 5) is 0. The molecule has 0 spiro atoms. The van der Waals surface area contributed by atoms with Crippen molar-refractivity contribution in [1.82, 2.24) is 14.9 Å². The number of para-hydroxylation sites is 1. The van der Waals surface area contributed by atoms with Gasteiger partial charge in [0.1, 0.15) is 5.75 Å². The molecule has 24 heavy (non-hydrogen) atoms. The first-order valence-corrected chi connectivity index (χ1v) is 7.77. The van der Waals surface area contributed by atoms with E-state index in [-0.39, 0.29) is 0 Å². The topological polar surface area (TPSA) is 55.2 Å². The second-order valence-electron chi connectivity index (χ2n) is 4.90. The summed E-state index contributed by atoms with van der Waals surface area (Å²) in [5.74, 6) is 1.48. The van der Waals surface area contributed by atoms with Gasteiger partial charge in [0.05, 0.1) is 7.11 Å². The number of rotatable bonds is 5. The summed E-state index contributed by atoms with van der Waals surface area (Å²) >= 11 is 5.24. The van der Waals surface area contributed by atoms with Crippen LogP contribution in [-0.2, 0) is 0 Å². The fourth-order valence-corrected chi connectivity index (χ4v) is 2.41. The predicted octanol–water partition coefficient (Wildman–Crippen LogP) is 4.16. The molecule has 0 aliphatic rings. The fraction of sp³-hybridized carbons (Fsp3) is 0.0556. The summed E-state index contributed by atoms with van der Waals surface area (Å²) in [6.45, 7) is 0. The van der Waals surface area contributed by atoms with E-state index < -0.39 is 0 Å². The summed E-state index contributed by atoms with van der Waals surface area (Å²) < 4.78 is 7.35. The van der Waals surface area contributed by atoms with Gasteiger partial charge in [-0.2, -0.15) is 14.9 Å². The minimum absolute atomic E-state index is 0.441. The normalized spacial score (nSPS) is 11.4. The van der Waals surface area contributed by atoms with E-state index in [1.807, 2.05) is 66.7 Å². The van der Waals surface area contributed by atoms with Crippen molar-refractivity contribution < 1.29 is 4.74 Å². The first-order chi connectivity index (χ1) is 11.8. The molecule has 1 aromatic heterocycles. The predicted molar refractivity (Wildman–Crippen MR) is 98.8 cm³/mol. The first kappa shape index (κ1) is 15.9. The van der Waals surface area contributed by atoms with Crippen LogP contribution in [0.25, 0.3) is 17.5 Å². The number of methoxy groups -OCH3 is 1. The molecule has 0 fully saturated rings. The number of benzene rings is 2. The van der Waals surface area contributed by atoms with Crippen LogP contribution in [0.4, 0.5) is 0 Å². The highest BCUT2D eigenvalue weighted by Gasteiger charge is 2.06. The number of aromatic nitrogens is 3. The van der Waals surface area contributed by atoms with Crippen LogP contribution in [0.2, 0.25) is 0 Å². The highest BCUT2D eigenvalue weighted by atomic mass is 32.1. The van der Waals surface area contributed by atoms with E-state index in [0.29, 0.717) is 10.6 Å². The monoisotopic (exact) mass is 336 g/mol. The van der Waals surface area contributed by atoms with Gasteiger partial charge in [0.15, 0.2) is 5.82 Å². The zero-order valence-electron chi connectivity index (χ0n) is 13.1. The van der Waals surface area contributed by atoms with E-state index in [2.05, 4.69) is 15.3 Å². The SMILES string of the molecule is COc1ccccc1/C=C/C=Nn1c(-c2ccccc2)n[nH]c1=S. The molecule has 0 saturated carbocycles. The summed E-state index contributed by atoms with van der Waals surface area (Å²) in [5, 5.41) is 11.4. The van der Waals surface area contributed by atoms with E-state index in [1.165, 1.54) is 0 Å². The lowest BCUT2D eigenvalue weighted by Crippen LogP contribution is -1.93. The van der Waals surface area contributed by atoms with E-state index in [4.69, 9.17) is 17.0 Å². The molecule has 2 aromatic carbocycles. The molecule has 1 N–H and O–H groups in total. The molecule has 5 nitrogen and oxygen atoms in total. The third-order valence-corrected chi connectivity index (χ3v) is 3.63. The zero-order valence-corrected chi connectivity index (χ0v) is 13.9. The van der Waals surface area contributed by atoms with Gasteiger partial charge < -0.3 is 4.74 Å². The summed E-state index contributed by atoms with van der Waals surface area (Å²) in [6, 6.07) is 17.5. The molecule has 0 atom stereocenters. The quantitative estimate of drug-likeness (QED) is 0.562. The molecule has 0 aliphatic heterocycles. The van der Waals surface area contributed by atoms with Gasteiger partial charge >= 0.3 is 0 Å². The van der Waals surface area contributed by atoms with Crippen LogP contribution in [0.3, 0.4) is 0 Å². The highest BCUT2D eigenvalue weighted by molar-refractivity contribution is 7.71.